The van der Waals surface area contributed by atoms with E-state index < -0.39 is 0 Å². The zero-order chi connectivity index (χ0) is 12.8. The van der Waals surface area contributed by atoms with Crippen molar-refractivity contribution < 1.29 is 4.74 Å². The Labute approximate surface area is 114 Å². The monoisotopic (exact) mass is 284 g/mol. The first-order valence-electron chi connectivity index (χ1n) is 5.58. The van der Waals surface area contributed by atoms with Gasteiger partial charge in [0.15, 0.2) is 0 Å². The van der Waals surface area contributed by atoms with Crippen LogP contribution in [0.2, 0.25) is 5.28 Å². The highest BCUT2D eigenvalue weighted by molar-refractivity contribution is 7.09. The van der Waals surface area contributed by atoms with Crippen molar-refractivity contribution in [2.75, 3.05) is 11.9 Å². The molecule has 0 saturated heterocycles. The second-order valence-corrected chi connectivity index (χ2v) is 4.86. The molecule has 0 fully saturated rings. The summed E-state index contributed by atoms with van der Waals surface area (Å²) < 4.78 is 5.33. The molecule has 2 aromatic heterocycles. The molecule has 0 aromatic carbocycles. The Morgan fingerprint density at radius 1 is 1.39 bits per heavy atom. The van der Waals surface area contributed by atoms with E-state index in [4.69, 9.17) is 16.3 Å². The summed E-state index contributed by atoms with van der Waals surface area (Å²) >= 11 is 7.48. The van der Waals surface area contributed by atoms with E-state index in [1.54, 1.807) is 11.3 Å². The van der Waals surface area contributed by atoms with Crippen molar-refractivity contribution in [1.29, 1.82) is 0 Å². The van der Waals surface area contributed by atoms with Crippen LogP contribution in [0.1, 0.15) is 18.2 Å². The average molecular weight is 285 g/mol. The maximum absolute atomic E-state index is 5.81. The molecule has 0 bridgehead atoms. The number of ether oxygens (including phenoxy) is 1. The van der Waals surface area contributed by atoms with Gasteiger partial charge >= 0.3 is 6.01 Å². The van der Waals surface area contributed by atoms with E-state index in [9.17, 15) is 0 Å². The summed E-state index contributed by atoms with van der Waals surface area (Å²) in [5.41, 5.74) is 0. The van der Waals surface area contributed by atoms with Crippen molar-refractivity contribution in [2.24, 2.45) is 0 Å². The van der Waals surface area contributed by atoms with Gasteiger partial charge < -0.3 is 10.1 Å². The number of hydrogen-bond acceptors (Lipinski definition) is 6. The maximum Gasteiger partial charge on any atom is 0.322 e. The normalized spacial score (nSPS) is 10.3. The van der Waals surface area contributed by atoms with Crippen LogP contribution in [-0.4, -0.2) is 21.6 Å². The number of nitrogens with zero attached hydrogens (tertiary/aromatic N) is 3. The molecule has 2 aromatic rings. The molecular formula is C11H13ClN4OS. The quantitative estimate of drug-likeness (QED) is 0.884. The fourth-order valence-corrected chi connectivity index (χ4v) is 2.05. The lowest BCUT2D eigenvalue weighted by atomic mass is 10.5. The first kappa shape index (κ1) is 13.0. The van der Waals surface area contributed by atoms with Gasteiger partial charge in [0, 0.05) is 4.88 Å². The fraction of sp³-hybridized carbons (Fsp3) is 0.364. The van der Waals surface area contributed by atoms with E-state index in [2.05, 4.69) is 20.3 Å². The Bertz CT molecular complexity index is 492. The first-order chi connectivity index (χ1) is 8.78. The topological polar surface area (TPSA) is 59.9 Å². The molecule has 0 aliphatic rings. The molecule has 0 radical (unpaired) electrons. The van der Waals surface area contributed by atoms with Crippen molar-refractivity contribution in [3.8, 4) is 6.01 Å². The number of thiophene rings is 1. The molecule has 2 heterocycles. The fourth-order valence-electron chi connectivity index (χ4n) is 1.25. The molecule has 0 aliphatic carbocycles. The van der Waals surface area contributed by atoms with Crippen LogP contribution in [0.5, 0.6) is 6.01 Å². The SMILES string of the molecule is CCCOc1nc(Cl)nc(NCc2cccs2)n1. The van der Waals surface area contributed by atoms with Crippen LogP contribution in [0.15, 0.2) is 17.5 Å². The Morgan fingerprint density at radius 2 is 2.28 bits per heavy atom. The van der Waals surface area contributed by atoms with Crippen molar-refractivity contribution in [3.05, 3.63) is 27.7 Å². The molecule has 1 N–H and O–H groups in total. The Kier molecular flexibility index (Phi) is 4.72. The van der Waals surface area contributed by atoms with Gasteiger partial charge in [0.05, 0.1) is 13.2 Å². The van der Waals surface area contributed by atoms with Crippen LogP contribution in [0.25, 0.3) is 0 Å². The summed E-state index contributed by atoms with van der Waals surface area (Å²) in [7, 11) is 0. The van der Waals surface area contributed by atoms with E-state index in [1.807, 2.05) is 24.4 Å². The third-order valence-electron chi connectivity index (χ3n) is 2.02. The van der Waals surface area contributed by atoms with Gasteiger partial charge in [-0.25, -0.2) is 0 Å². The molecule has 96 valence electrons. The molecular weight excluding hydrogens is 272 g/mol. The van der Waals surface area contributed by atoms with Gasteiger partial charge in [-0.3, -0.25) is 0 Å². The Hall–Kier alpha value is -1.40. The van der Waals surface area contributed by atoms with Gasteiger partial charge in [0.2, 0.25) is 11.2 Å². The zero-order valence-electron chi connectivity index (χ0n) is 9.89. The average Bonchev–Trinajstić information content (AvgIpc) is 2.86. The van der Waals surface area contributed by atoms with Crippen molar-refractivity contribution >= 4 is 28.9 Å². The molecule has 0 aliphatic heterocycles. The van der Waals surface area contributed by atoms with Gasteiger partial charge in [-0.15, -0.1) is 11.3 Å². The third kappa shape index (κ3) is 3.82. The van der Waals surface area contributed by atoms with Crippen molar-refractivity contribution in [1.82, 2.24) is 15.0 Å². The van der Waals surface area contributed by atoms with Crippen LogP contribution >= 0.6 is 22.9 Å². The largest absolute Gasteiger partial charge is 0.463 e. The molecule has 0 saturated carbocycles. The molecule has 0 atom stereocenters. The molecule has 2 rings (SSSR count). The third-order valence-corrected chi connectivity index (χ3v) is 3.07. The summed E-state index contributed by atoms with van der Waals surface area (Å²) in [4.78, 5) is 13.2. The van der Waals surface area contributed by atoms with E-state index in [0.717, 1.165) is 6.42 Å². The minimum Gasteiger partial charge on any atom is -0.463 e. The second-order valence-electron chi connectivity index (χ2n) is 3.49. The Balaban J connectivity index is 2.00. The molecule has 0 amide bonds. The molecule has 0 spiro atoms. The standard InChI is InChI=1S/C11H13ClN4OS/c1-2-5-17-11-15-9(12)14-10(16-11)13-7-8-4-3-6-18-8/h3-4,6H,2,5,7H2,1H3,(H,13,14,15,16). The lowest BCUT2D eigenvalue weighted by Crippen LogP contribution is -2.07. The smallest absolute Gasteiger partial charge is 0.322 e. The van der Waals surface area contributed by atoms with Gasteiger partial charge in [0.25, 0.3) is 0 Å². The first-order valence-corrected chi connectivity index (χ1v) is 6.84. The molecule has 18 heavy (non-hydrogen) atoms. The van der Waals surface area contributed by atoms with Crippen LogP contribution in [0.4, 0.5) is 5.95 Å². The highest BCUT2D eigenvalue weighted by atomic mass is 35.5. The lowest BCUT2D eigenvalue weighted by Gasteiger charge is -2.06. The van der Waals surface area contributed by atoms with Gasteiger partial charge in [-0.1, -0.05) is 13.0 Å². The van der Waals surface area contributed by atoms with Crippen molar-refractivity contribution in [3.63, 3.8) is 0 Å². The number of anilines is 1. The van der Waals surface area contributed by atoms with E-state index in [1.165, 1.54) is 4.88 Å². The van der Waals surface area contributed by atoms with Crippen LogP contribution < -0.4 is 10.1 Å². The minimum absolute atomic E-state index is 0.129. The number of nitrogens with one attached hydrogen (secondary N) is 1. The number of rotatable bonds is 6. The summed E-state index contributed by atoms with van der Waals surface area (Å²) in [5, 5.41) is 5.24. The van der Waals surface area contributed by atoms with Crippen molar-refractivity contribution in [2.45, 2.75) is 19.9 Å². The van der Waals surface area contributed by atoms with Gasteiger partial charge in [-0.2, -0.15) is 15.0 Å². The molecule has 7 heteroatoms. The van der Waals surface area contributed by atoms with Crippen LogP contribution in [0.3, 0.4) is 0 Å². The Morgan fingerprint density at radius 3 is 3.00 bits per heavy atom. The predicted molar refractivity (Wildman–Crippen MR) is 72.3 cm³/mol. The predicted octanol–water partition coefficient (Wildman–Crippen LogP) is 2.99. The number of halogens is 1. The molecule has 5 nitrogen and oxygen atoms in total. The van der Waals surface area contributed by atoms with Crippen LogP contribution in [0, 0.1) is 0 Å². The summed E-state index contributed by atoms with van der Waals surface area (Å²) in [6.07, 6.45) is 0.890. The van der Waals surface area contributed by atoms with Crippen LogP contribution in [-0.2, 0) is 6.54 Å². The molecule has 0 unspecified atom stereocenters. The van der Waals surface area contributed by atoms with Gasteiger partial charge in [-0.05, 0) is 29.5 Å². The number of hydrogen-bond donors (Lipinski definition) is 1. The highest BCUT2D eigenvalue weighted by Gasteiger charge is 2.05. The summed E-state index contributed by atoms with van der Waals surface area (Å²) in [6, 6.07) is 4.29. The zero-order valence-corrected chi connectivity index (χ0v) is 11.5. The maximum atomic E-state index is 5.81. The summed E-state index contributed by atoms with van der Waals surface area (Å²) in [5.74, 6) is 0.425. The van der Waals surface area contributed by atoms with Gasteiger partial charge in [0.1, 0.15) is 0 Å². The van der Waals surface area contributed by atoms with E-state index >= 15 is 0 Å². The van der Waals surface area contributed by atoms with E-state index in [-0.39, 0.29) is 11.3 Å². The minimum atomic E-state index is 0.129. The lowest BCUT2D eigenvalue weighted by molar-refractivity contribution is 0.291. The highest BCUT2D eigenvalue weighted by Crippen LogP contribution is 2.14. The summed E-state index contributed by atoms with van der Waals surface area (Å²) in [6.45, 7) is 3.23. The second kappa shape index (κ2) is 6.51. The number of aromatic nitrogens is 3. The van der Waals surface area contributed by atoms with E-state index in [0.29, 0.717) is 19.1 Å².